The minimum Gasteiger partial charge on any atom is -0.508 e. The number of phenolic OH excluding ortho intramolecular Hbond substituents is 1. The Balaban J connectivity index is 1.81. The summed E-state index contributed by atoms with van der Waals surface area (Å²) in [6, 6.07) is 17.2. The highest BCUT2D eigenvalue weighted by atomic mass is 35.5. The summed E-state index contributed by atoms with van der Waals surface area (Å²) >= 11 is 5.88. The van der Waals surface area contributed by atoms with E-state index in [1.807, 2.05) is 49.5 Å². The van der Waals surface area contributed by atoms with Crippen molar-refractivity contribution in [2.45, 2.75) is 18.9 Å². The first-order chi connectivity index (χ1) is 13.1. The van der Waals surface area contributed by atoms with Gasteiger partial charge >= 0.3 is 6.03 Å². The second-order valence-electron chi connectivity index (χ2n) is 6.57. The van der Waals surface area contributed by atoms with Crippen LogP contribution in [0.15, 0.2) is 54.6 Å². The molecular weight excluding hydrogens is 362 g/mol. The van der Waals surface area contributed by atoms with Crippen LogP contribution in [0.4, 0.5) is 4.79 Å². The molecule has 0 heterocycles. The molecule has 1 atom stereocenters. The van der Waals surface area contributed by atoms with Crippen molar-refractivity contribution in [3.05, 3.63) is 65.7 Å². The van der Waals surface area contributed by atoms with Crippen molar-refractivity contribution in [1.29, 1.82) is 0 Å². The van der Waals surface area contributed by atoms with Gasteiger partial charge in [-0.05, 0) is 43.1 Å². The third-order valence-electron chi connectivity index (χ3n) is 4.51. The summed E-state index contributed by atoms with van der Waals surface area (Å²) in [5.74, 6) is 0.784. The van der Waals surface area contributed by atoms with E-state index >= 15 is 0 Å². The van der Waals surface area contributed by atoms with E-state index in [1.165, 1.54) is 5.56 Å². The van der Waals surface area contributed by atoms with Crippen LogP contribution in [0, 0.1) is 0 Å². The second-order valence-corrected chi connectivity index (χ2v) is 6.94. The second kappa shape index (κ2) is 11.5. The molecule has 6 heteroatoms. The molecule has 0 aliphatic rings. The number of carbonyl (C=O) groups is 1. The van der Waals surface area contributed by atoms with E-state index in [-0.39, 0.29) is 17.8 Å². The number of carbonyl (C=O) groups excluding carboxylic acids is 1. The SMILES string of the molecule is CN(CCCl)[C@H](CNC(=O)NCCc1ccccc1)Cc1ccc(O)cc1. The van der Waals surface area contributed by atoms with E-state index < -0.39 is 0 Å². The molecule has 0 aromatic heterocycles. The number of urea groups is 1. The molecule has 0 aliphatic heterocycles. The van der Waals surface area contributed by atoms with Crippen LogP contribution in [0.3, 0.4) is 0 Å². The Morgan fingerprint density at radius 3 is 2.44 bits per heavy atom. The summed E-state index contributed by atoms with van der Waals surface area (Å²) in [6.07, 6.45) is 1.56. The Hall–Kier alpha value is -2.24. The van der Waals surface area contributed by atoms with Gasteiger partial charge in [-0.2, -0.15) is 0 Å². The molecule has 0 bridgehead atoms. The van der Waals surface area contributed by atoms with Gasteiger partial charge in [-0.1, -0.05) is 42.5 Å². The molecule has 0 spiro atoms. The molecule has 0 saturated carbocycles. The summed E-state index contributed by atoms with van der Waals surface area (Å²) in [6.45, 7) is 1.85. The van der Waals surface area contributed by atoms with Crippen molar-refractivity contribution in [1.82, 2.24) is 15.5 Å². The molecule has 27 heavy (non-hydrogen) atoms. The Morgan fingerprint density at radius 1 is 1.07 bits per heavy atom. The number of hydrogen-bond donors (Lipinski definition) is 3. The lowest BCUT2D eigenvalue weighted by Crippen LogP contribution is -2.47. The van der Waals surface area contributed by atoms with Gasteiger partial charge in [0.1, 0.15) is 5.75 Å². The van der Waals surface area contributed by atoms with E-state index in [9.17, 15) is 9.90 Å². The number of nitrogens with zero attached hydrogens (tertiary/aromatic N) is 1. The van der Waals surface area contributed by atoms with E-state index in [0.717, 1.165) is 24.9 Å². The Labute approximate surface area is 166 Å². The normalized spacial score (nSPS) is 12.0. The van der Waals surface area contributed by atoms with Crippen LogP contribution in [0.25, 0.3) is 0 Å². The molecule has 0 fully saturated rings. The monoisotopic (exact) mass is 389 g/mol. The highest BCUT2D eigenvalue weighted by Crippen LogP contribution is 2.13. The van der Waals surface area contributed by atoms with Gasteiger partial charge < -0.3 is 20.6 Å². The first kappa shape index (κ1) is 21.1. The largest absolute Gasteiger partial charge is 0.508 e. The van der Waals surface area contributed by atoms with Gasteiger partial charge in [0.15, 0.2) is 0 Å². The van der Waals surface area contributed by atoms with Gasteiger partial charge in [-0.25, -0.2) is 4.79 Å². The first-order valence-corrected chi connectivity index (χ1v) is 9.71. The van der Waals surface area contributed by atoms with Crippen LogP contribution < -0.4 is 10.6 Å². The maximum atomic E-state index is 12.1. The number of aromatic hydroxyl groups is 1. The highest BCUT2D eigenvalue weighted by Gasteiger charge is 2.16. The molecule has 3 N–H and O–H groups in total. The summed E-state index contributed by atoms with van der Waals surface area (Å²) in [7, 11) is 2.00. The molecule has 2 aromatic rings. The van der Waals surface area contributed by atoms with Gasteiger partial charge in [0, 0.05) is 31.6 Å². The topological polar surface area (TPSA) is 64.6 Å². The van der Waals surface area contributed by atoms with Crippen molar-refractivity contribution >= 4 is 17.6 Å². The van der Waals surface area contributed by atoms with E-state index in [2.05, 4.69) is 15.5 Å². The van der Waals surface area contributed by atoms with Crippen LogP contribution in [0.1, 0.15) is 11.1 Å². The number of nitrogens with one attached hydrogen (secondary N) is 2. The first-order valence-electron chi connectivity index (χ1n) is 9.18. The Bertz CT molecular complexity index is 680. The number of likely N-dealkylation sites (N-methyl/N-ethyl adjacent to an activating group) is 1. The minimum atomic E-state index is -0.166. The lowest BCUT2D eigenvalue weighted by Gasteiger charge is -2.28. The molecule has 5 nitrogen and oxygen atoms in total. The predicted molar refractivity (Wildman–Crippen MR) is 110 cm³/mol. The van der Waals surface area contributed by atoms with Crippen LogP contribution in [0.2, 0.25) is 0 Å². The van der Waals surface area contributed by atoms with Crippen molar-refractivity contribution in [3.8, 4) is 5.75 Å². The molecule has 2 rings (SSSR count). The van der Waals surface area contributed by atoms with Crippen LogP contribution in [-0.4, -0.2) is 54.6 Å². The fourth-order valence-electron chi connectivity index (χ4n) is 2.84. The number of phenols is 1. The number of rotatable bonds is 10. The average molecular weight is 390 g/mol. The lowest BCUT2D eigenvalue weighted by atomic mass is 10.0. The van der Waals surface area contributed by atoms with Gasteiger partial charge in [0.05, 0.1) is 0 Å². The van der Waals surface area contributed by atoms with Gasteiger partial charge in [0.2, 0.25) is 0 Å². The van der Waals surface area contributed by atoms with Crippen LogP contribution in [-0.2, 0) is 12.8 Å². The molecule has 146 valence electrons. The summed E-state index contributed by atoms with van der Waals surface area (Å²) in [5.41, 5.74) is 2.30. The fraction of sp³-hybridized carbons (Fsp3) is 0.381. The molecule has 0 aliphatic carbocycles. The zero-order valence-electron chi connectivity index (χ0n) is 15.7. The molecule has 2 aromatic carbocycles. The third kappa shape index (κ3) is 7.89. The lowest BCUT2D eigenvalue weighted by molar-refractivity contribution is 0.224. The summed E-state index contributed by atoms with van der Waals surface area (Å²) < 4.78 is 0. The summed E-state index contributed by atoms with van der Waals surface area (Å²) in [5, 5.41) is 15.3. The maximum Gasteiger partial charge on any atom is 0.314 e. The number of hydrogen-bond acceptors (Lipinski definition) is 3. The van der Waals surface area contributed by atoms with Gasteiger partial charge in [0.25, 0.3) is 0 Å². The molecule has 0 unspecified atom stereocenters. The maximum absolute atomic E-state index is 12.1. The van der Waals surface area contributed by atoms with Crippen molar-refractivity contribution in [3.63, 3.8) is 0 Å². The minimum absolute atomic E-state index is 0.119. The Morgan fingerprint density at radius 2 is 1.78 bits per heavy atom. The zero-order chi connectivity index (χ0) is 19.5. The Kier molecular flexibility index (Phi) is 8.95. The fourth-order valence-corrected chi connectivity index (χ4v) is 3.11. The van der Waals surface area contributed by atoms with Crippen LogP contribution in [0.5, 0.6) is 5.75 Å². The molecule has 0 saturated heterocycles. The van der Waals surface area contributed by atoms with E-state index in [0.29, 0.717) is 19.0 Å². The standard InChI is InChI=1S/C21H28ClN3O2/c1-25(14-12-22)19(15-18-7-9-20(26)10-8-18)16-24-21(27)23-13-11-17-5-3-2-4-6-17/h2-10,19,26H,11-16H2,1H3,(H2,23,24,27)/t19-/m0/s1. The zero-order valence-corrected chi connectivity index (χ0v) is 16.5. The smallest absolute Gasteiger partial charge is 0.314 e. The number of amides is 2. The molecular formula is C21H28ClN3O2. The van der Waals surface area contributed by atoms with Gasteiger partial charge in [-0.3, -0.25) is 0 Å². The molecule has 0 radical (unpaired) electrons. The quantitative estimate of drug-likeness (QED) is 0.547. The molecule has 2 amide bonds. The van der Waals surface area contributed by atoms with Crippen molar-refractivity contribution in [2.24, 2.45) is 0 Å². The predicted octanol–water partition coefficient (Wildman–Crippen LogP) is 3.02. The average Bonchev–Trinajstić information content (AvgIpc) is 2.67. The van der Waals surface area contributed by atoms with Gasteiger partial charge in [-0.15, -0.1) is 11.6 Å². The van der Waals surface area contributed by atoms with Crippen molar-refractivity contribution in [2.75, 3.05) is 32.6 Å². The number of halogens is 1. The van der Waals surface area contributed by atoms with E-state index in [4.69, 9.17) is 11.6 Å². The van der Waals surface area contributed by atoms with E-state index in [1.54, 1.807) is 12.1 Å². The van der Waals surface area contributed by atoms with Crippen LogP contribution >= 0.6 is 11.6 Å². The third-order valence-corrected chi connectivity index (χ3v) is 4.68. The number of benzene rings is 2. The summed E-state index contributed by atoms with van der Waals surface area (Å²) in [4.78, 5) is 14.3. The highest BCUT2D eigenvalue weighted by molar-refractivity contribution is 6.18. The number of alkyl halides is 1. The van der Waals surface area contributed by atoms with Crippen molar-refractivity contribution < 1.29 is 9.90 Å².